The summed E-state index contributed by atoms with van der Waals surface area (Å²) in [4.78, 5) is 14.9. The molecule has 1 aliphatic heterocycles. The number of likely N-dealkylation sites (tertiary alicyclic amines) is 1. The second kappa shape index (κ2) is 9.86. The van der Waals surface area contributed by atoms with Crippen molar-refractivity contribution in [3.63, 3.8) is 0 Å². The van der Waals surface area contributed by atoms with Crippen molar-refractivity contribution in [3.8, 4) is 5.75 Å². The number of phenolic OH excluding ortho intramolecular Hbond substituents is 1. The monoisotopic (exact) mass is 421 g/mol. The fraction of sp³-hybridized carbons (Fsp3) is 0.519. The van der Waals surface area contributed by atoms with Gasteiger partial charge in [-0.3, -0.25) is 9.69 Å². The molecule has 166 valence electrons. The molecule has 2 aromatic carbocycles. The highest BCUT2D eigenvalue weighted by atomic mass is 16.5. The van der Waals surface area contributed by atoms with Gasteiger partial charge in [0.2, 0.25) is 0 Å². The van der Waals surface area contributed by atoms with E-state index in [0.29, 0.717) is 30.7 Å². The Balaban J connectivity index is 1.57. The van der Waals surface area contributed by atoms with Crippen LogP contribution in [0, 0.1) is 5.92 Å². The Morgan fingerprint density at radius 2 is 2.00 bits per heavy atom. The maximum absolute atomic E-state index is 12.2. The molecule has 0 spiro atoms. The van der Waals surface area contributed by atoms with E-state index < -0.39 is 0 Å². The summed E-state index contributed by atoms with van der Waals surface area (Å²) in [6, 6.07) is 19.0. The molecule has 0 radical (unpaired) electrons. The van der Waals surface area contributed by atoms with Crippen molar-refractivity contribution in [2.24, 2.45) is 5.92 Å². The minimum atomic E-state index is -0.0898. The first kappa shape index (κ1) is 21.9. The molecule has 0 aromatic heterocycles. The van der Waals surface area contributed by atoms with Crippen molar-refractivity contribution in [1.82, 2.24) is 4.90 Å². The molecule has 2 fully saturated rings. The second-order valence-electron chi connectivity index (χ2n) is 9.14. The van der Waals surface area contributed by atoms with Crippen LogP contribution in [0.25, 0.3) is 0 Å². The van der Waals surface area contributed by atoms with E-state index >= 15 is 0 Å². The zero-order valence-electron chi connectivity index (χ0n) is 18.6. The summed E-state index contributed by atoms with van der Waals surface area (Å²) in [5, 5.41) is 10.2. The first-order valence-electron chi connectivity index (χ1n) is 11.9. The molecule has 2 aromatic rings. The minimum absolute atomic E-state index is 0.0391. The number of hydrogen-bond acceptors (Lipinski definition) is 4. The molecular weight excluding hydrogens is 386 g/mol. The molecule has 1 saturated heterocycles. The lowest BCUT2D eigenvalue weighted by atomic mass is 9.55. The first-order valence-corrected chi connectivity index (χ1v) is 11.9. The number of esters is 1. The van der Waals surface area contributed by atoms with Gasteiger partial charge in [0.05, 0.1) is 6.61 Å². The van der Waals surface area contributed by atoms with Crippen molar-refractivity contribution in [1.29, 1.82) is 0 Å². The minimum Gasteiger partial charge on any atom is -0.508 e. The lowest BCUT2D eigenvalue weighted by Gasteiger charge is -2.57. The summed E-state index contributed by atoms with van der Waals surface area (Å²) in [6.45, 7) is 4.43. The molecule has 4 heteroatoms. The SMILES string of the molecule is CCOC(=O)CC[C@H]1[C@@H]2CCC[C@@]1(c1cccc(O)c1)CCN2CCc1ccccc1. The number of nitrogens with zero attached hydrogens (tertiary/aromatic N) is 1. The van der Waals surface area contributed by atoms with Gasteiger partial charge in [0.25, 0.3) is 0 Å². The van der Waals surface area contributed by atoms with Gasteiger partial charge < -0.3 is 9.84 Å². The Hall–Kier alpha value is -2.33. The number of carbonyl (C=O) groups is 1. The standard InChI is InChI=1S/C27H35NO3/c1-2-31-26(30)14-13-24-25-12-7-16-27(24,22-10-6-11-23(29)20-22)17-19-28(25)18-15-21-8-4-3-5-9-21/h3-6,8-11,20,24-25,29H,2,7,12-19H2,1H3/t24-,25-,27-/m0/s1. The van der Waals surface area contributed by atoms with Gasteiger partial charge in [-0.2, -0.15) is 0 Å². The Bertz CT molecular complexity index is 868. The van der Waals surface area contributed by atoms with Crippen LogP contribution in [0.1, 0.15) is 56.6 Å². The molecular formula is C27H35NO3. The van der Waals surface area contributed by atoms with Gasteiger partial charge in [0, 0.05) is 24.4 Å². The van der Waals surface area contributed by atoms with E-state index in [2.05, 4.69) is 41.3 Å². The summed E-state index contributed by atoms with van der Waals surface area (Å²) < 4.78 is 5.25. The van der Waals surface area contributed by atoms with Crippen molar-refractivity contribution in [2.75, 3.05) is 19.7 Å². The Morgan fingerprint density at radius 1 is 1.16 bits per heavy atom. The number of piperidine rings is 1. The van der Waals surface area contributed by atoms with E-state index in [4.69, 9.17) is 4.74 Å². The van der Waals surface area contributed by atoms with Crippen LogP contribution >= 0.6 is 0 Å². The average molecular weight is 422 g/mol. The Labute approximate surface area is 186 Å². The van der Waals surface area contributed by atoms with Crippen LogP contribution in [0.2, 0.25) is 0 Å². The van der Waals surface area contributed by atoms with Gasteiger partial charge in [-0.1, -0.05) is 48.9 Å². The molecule has 1 aliphatic carbocycles. The lowest BCUT2D eigenvalue weighted by Crippen LogP contribution is -2.59. The third-order valence-corrected chi connectivity index (χ3v) is 7.53. The highest BCUT2D eigenvalue weighted by Gasteiger charge is 2.51. The van der Waals surface area contributed by atoms with Crippen LogP contribution in [0.3, 0.4) is 0 Å². The number of fused-ring (bicyclic) bond motifs is 2. The van der Waals surface area contributed by atoms with E-state index in [1.807, 2.05) is 19.1 Å². The van der Waals surface area contributed by atoms with E-state index in [1.54, 1.807) is 6.07 Å². The maximum Gasteiger partial charge on any atom is 0.305 e. The number of ether oxygens (including phenoxy) is 1. The quantitative estimate of drug-likeness (QED) is 0.603. The van der Waals surface area contributed by atoms with Gasteiger partial charge in [0.1, 0.15) is 5.75 Å². The average Bonchev–Trinajstić information content (AvgIpc) is 2.78. The molecule has 0 amide bonds. The van der Waals surface area contributed by atoms with Gasteiger partial charge >= 0.3 is 5.97 Å². The zero-order chi connectivity index (χ0) is 21.7. The molecule has 1 heterocycles. The third kappa shape index (κ3) is 4.79. The van der Waals surface area contributed by atoms with Crippen LogP contribution in [0.15, 0.2) is 54.6 Å². The molecule has 31 heavy (non-hydrogen) atoms. The Morgan fingerprint density at radius 3 is 2.77 bits per heavy atom. The smallest absolute Gasteiger partial charge is 0.305 e. The molecule has 1 saturated carbocycles. The summed E-state index contributed by atoms with van der Waals surface area (Å²) in [6.07, 6.45) is 6.97. The van der Waals surface area contributed by atoms with E-state index in [-0.39, 0.29) is 11.4 Å². The number of rotatable bonds is 8. The normalized spacial score (nSPS) is 25.8. The lowest BCUT2D eigenvalue weighted by molar-refractivity contribution is -0.144. The number of benzene rings is 2. The number of carbonyl (C=O) groups excluding carboxylic acids is 1. The highest BCUT2D eigenvalue weighted by Crippen LogP contribution is 2.53. The van der Waals surface area contributed by atoms with Gasteiger partial charge in [-0.15, -0.1) is 0 Å². The van der Waals surface area contributed by atoms with Crippen molar-refractivity contribution in [2.45, 2.75) is 63.3 Å². The van der Waals surface area contributed by atoms with E-state index in [9.17, 15) is 9.90 Å². The van der Waals surface area contributed by atoms with Crippen molar-refractivity contribution < 1.29 is 14.6 Å². The molecule has 1 N–H and O–H groups in total. The number of aromatic hydroxyl groups is 1. The summed E-state index contributed by atoms with van der Waals surface area (Å²) >= 11 is 0. The predicted octanol–water partition coefficient (Wildman–Crippen LogP) is 5.09. The van der Waals surface area contributed by atoms with Crippen LogP contribution in [-0.4, -0.2) is 41.7 Å². The van der Waals surface area contributed by atoms with Crippen LogP contribution in [-0.2, 0) is 21.4 Å². The number of hydrogen-bond donors (Lipinski definition) is 1. The molecule has 3 atom stereocenters. The summed E-state index contributed by atoms with van der Waals surface area (Å²) in [5.74, 6) is 0.648. The molecule has 0 unspecified atom stereocenters. The van der Waals surface area contributed by atoms with E-state index in [1.165, 1.54) is 24.0 Å². The summed E-state index contributed by atoms with van der Waals surface area (Å²) in [7, 11) is 0. The molecule has 2 aliphatic rings. The Kier molecular flexibility index (Phi) is 6.96. The first-order chi connectivity index (χ1) is 15.1. The largest absolute Gasteiger partial charge is 0.508 e. The fourth-order valence-electron chi connectivity index (χ4n) is 6.13. The molecule has 2 bridgehead atoms. The van der Waals surface area contributed by atoms with Gasteiger partial charge in [-0.05, 0) is 74.8 Å². The van der Waals surface area contributed by atoms with Crippen molar-refractivity contribution >= 4 is 5.97 Å². The van der Waals surface area contributed by atoms with Crippen LogP contribution in [0.5, 0.6) is 5.75 Å². The van der Waals surface area contributed by atoms with Gasteiger partial charge in [0.15, 0.2) is 0 Å². The maximum atomic E-state index is 12.2. The van der Waals surface area contributed by atoms with E-state index in [0.717, 1.165) is 38.8 Å². The van der Waals surface area contributed by atoms with Gasteiger partial charge in [-0.25, -0.2) is 0 Å². The van der Waals surface area contributed by atoms with Crippen LogP contribution in [0.4, 0.5) is 0 Å². The summed E-state index contributed by atoms with van der Waals surface area (Å²) in [5.41, 5.74) is 2.66. The molecule has 4 rings (SSSR count). The number of phenols is 1. The third-order valence-electron chi connectivity index (χ3n) is 7.53. The predicted molar refractivity (Wildman–Crippen MR) is 123 cm³/mol. The highest BCUT2D eigenvalue weighted by molar-refractivity contribution is 5.69. The zero-order valence-corrected chi connectivity index (χ0v) is 18.6. The topological polar surface area (TPSA) is 49.8 Å². The molecule has 4 nitrogen and oxygen atoms in total. The fourth-order valence-corrected chi connectivity index (χ4v) is 6.13. The van der Waals surface area contributed by atoms with Crippen molar-refractivity contribution in [3.05, 3.63) is 65.7 Å². The second-order valence-corrected chi connectivity index (χ2v) is 9.14. The van der Waals surface area contributed by atoms with Crippen LogP contribution < -0.4 is 0 Å².